The van der Waals surface area contributed by atoms with Crippen LogP contribution in [-0.2, 0) is 16.1 Å². The molecule has 32 heavy (non-hydrogen) atoms. The molecule has 0 spiro atoms. The molecule has 9 nitrogen and oxygen atoms in total. The minimum atomic E-state index is -0.372. The van der Waals surface area contributed by atoms with Crippen LogP contribution >= 0.6 is 23.1 Å². The third-order valence-corrected chi connectivity index (χ3v) is 7.36. The third-order valence-electron chi connectivity index (χ3n) is 5.44. The third kappa shape index (κ3) is 4.35. The van der Waals surface area contributed by atoms with Gasteiger partial charge in [0, 0.05) is 30.2 Å². The zero-order valence-corrected chi connectivity index (χ0v) is 18.8. The summed E-state index contributed by atoms with van der Waals surface area (Å²) in [5.41, 5.74) is 6.10. The Hall–Kier alpha value is -2.92. The molecule has 2 amide bonds. The van der Waals surface area contributed by atoms with Gasteiger partial charge in [0.1, 0.15) is 17.3 Å². The van der Waals surface area contributed by atoms with E-state index >= 15 is 0 Å². The Labute approximate surface area is 192 Å². The second kappa shape index (κ2) is 8.91. The van der Waals surface area contributed by atoms with E-state index in [0.29, 0.717) is 29.8 Å². The first kappa shape index (κ1) is 21.0. The van der Waals surface area contributed by atoms with Crippen molar-refractivity contribution in [1.29, 1.82) is 0 Å². The van der Waals surface area contributed by atoms with Crippen LogP contribution in [0.15, 0.2) is 50.6 Å². The Balaban J connectivity index is 1.33. The van der Waals surface area contributed by atoms with Gasteiger partial charge in [0.15, 0.2) is 5.16 Å². The molecule has 11 heteroatoms. The van der Waals surface area contributed by atoms with Crippen LogP contribution in [0.2, 0.25) is 0 Å². The first-order valence-electron chi connectivity index (χ1n) is 10.4. The maximum atomic E-state index is 13.2. The van der Waals surface area contributed by atoms with E-state index in [0.717, 1.165) is 29.3 Å². The lowest BCUT2D eigenvalue weighted by Crippen LogP contribution is -2.28. The summed E-state index contributed by atoms with van der Waals surface area (Å²) in [6.07, 6.45) is 4.56. The van der Waals surface area contributed by atoms with Gasteiger partial charge in [-0.1, -0.05) is 17.8 Å². The Bertz CT molecular complexity index is 1130. The van der Waals surface area contributed by atoms with Crippen LogP contribution in [0.4, 0.5) is 0 Å². The van der Waals surface area contributed by atoms with Gasteiger partial charge in [0.05, 0.1) is 18.1 Å². The SMILES string of the molecule is NC(=O)CCn1c(SCC(=O)N2N=C(c3ccco3)CC2c2cccs2)nnc1C1CC1. The van der Waals surface area contributed by atoms with Gasteiger partial charge in [-0.3, -0.25) is 9.59 Å². The van der Waals surface area contributed by atoms with Crippen LogP contribution in [0.25, 0.3) is 0 Å². The first-order valence-corrected chi connectivity index (χ1v) is 12.3. The van der Waals surface area contributed by atoms with Gasteiger partial charge in [-0.2, -0.15) is 5.10 Å². The molecule has 0 saturated heterocycles. The number of thiophene rings is 1. The van der Waals surface area contributed by atoms with E-state index in [9.17, 15) is 9.59 Å². The number of carbonyl (C=O) groups is 2. The zero-order valence-electron chi connectivity index (χ0n) is 17.2. The molecule has 4 heterocycles. The van der Waals surface area contributed by atoms with Gasteiger partial charge in [0.25, 0.3) is 5.91 Å². The molecule has 1 aliphatic heterocycles. The quantitative estimate of drug-likeness (QED) is 0.480. The van der Waals surface area contributed by atoms with E-state index in [-0.39, 0.29) is 30.0 Å². The summed E-state index contributed by atoms with van der Waals surface area (Å²) < 4.78 is 7.43. The van der Waals surface area contributed by atoms with Crippen molar-refractivity contribution in [1.82, 2.24) is 19.8 Å². The Morgan fingerprint density at radius 2 is 2.12 bits per heavy atom. The highest BCUT2D eigenvalue weighted by atomic mass is 32.2. The lowest BCUT2D eigenvalue weighted by atomic mass is 10.1. The topological polar surface area (TPSA) is 120 Å². The molecule has 1 aliphatic carbocycles. The van der Waals surface area contributed by atoms with E-state index in [1.807, 2.05) is 34.2 Å². The average molecular weight is 471 g/mol. The summed E-state index contributed by atoms with van der Waals surface area (Å²) in [4.78, 5) is 25.6. The van der Waals surface area contributed by atoms with Crippen molar-refractivity contribution >= 4 is 40.6 Å². The number of primary amides is 1. The minimum Gasteiger partial charge on any atom is -0.463 e. The van der Waals surface area contributed by atoms with Crippen LogP contribution in [0.3, 0.4) is 0 Å². The van der Waals surface area contributed by atoms with Crippen LogP contribution in [-0.4, -0.2) is 43.1 Å². The second-order valence-corrected chi connectivity index (χ2v) is 9.69. The van der Waals surface area contributed by atoms with E-state index in [4.69, 9.17) is 10.2 Å². The number of thioether (sulfide) groups is 1. The fourth-order valence-corrected chi connectivity index (χ4v) is 5.35. The maximum Gasteiger partial charge on any atom is 0.253 e. The van der Waals surface area contributed by atoms with E-state index in [1.54, 1.807) is 22.6 Å². The second-order valence-electron chi connectivity index (χ2n) is 7.77. The highest BCUT2D eigenvalue weighted by Gasteiger charge is 2.35. The zero-order chi connectivity index (χ0) is 22.1. The number of amides is 2. The number of nitrogens with zero attached hydrogens (tertiary/aromatic N) is 5. The fourth-order valence-electron chi connectivity index (χ4n) is 3.71. The highest BCUT2D eigenvalue weighted by Crippen LogP contribution is 2.40. The molecule has 3 aromatic heterocycles. The number of nitrogens with two attached hydrogens (primary N) is 1. The molecule has 166 valence electrons. The molecule has 2 N–H and O–H groups in total. The van der Waals surface area contributed by atoms with Gasteiger partial charge in [-0.15, -0.1) is 21.5 Å². The molecule has 2 aliphatic rings. The minimum absolute atomic E-state index is 0.118. The van der Waals surface area contributed by atoms with Crippen molar-refractivity contribution in [2.24, 2.45) is 10.8 Å². The predicted octanol–water partition coefficient (Wildman–Crippen LogP) is 3.16. The Morgan fingerprint density at radius 3 is 2.81 bits per heavy atom. The van der Waals surface area contributed by atoms with Crippen LogP contribution in [0, 0.1) is 0 Å². The molecule has 0 radical (unpaired) electrons. The van der Waals surface area contributed by atoms with Crippen molar-refractivity contribution < 1.29 is 14.0 Å². The smallest absolute Gasteiger partial charge is 0.253 e. The first-order chi connectivity index (χ1) is 15.6. The monoisotopic (exact) mass is 470 g/mol. The maximum absolute atomic E-state index is 13.2. The van der Waals surface area contributed by atoms with Crippen molar-refractivity contribution in [2.45, 2.75) is 49.3 Å². The summed E-state index contributed by atoms with van der Waals surface area (Å²) in [5.74, 6) is 1.60. The van der Waals surface area contributed by atoms with E-state index < -0.39 is 0 Å². The molecular formula is C21H22N6O3S2. The normalized spacial score (nSPS) is 18.2. The number of hydrazone groups is 1. The molecule has 0 aromatic carbocycles. The number of rotatable bonds is 9. The lowest BCUT2D eigenvalue weighted by Gasteiger charge is -2.20. The van der Waals surface area contributed by atoms with Crippen LogP contribution in [0.5, 0.6) is 0 Å². The molecule has 1 saturated carbocycles. The van der Waals surface area contributed by atoms with Crippen LogP contribution < -0.4 is 5.73 Å². The van der Waals surface area contributed by atoms with E-state index in [1.165, 1.54) is 11.8 Å². The summed E-state index contributed by atoms with van der Waals surface area (Å²) >= 11 is 2.92. The van der Waals surface area contributed by atoms with Gasteiger partial charge >= 0.3 is 0 Å². The Morgan fingerprint density at radius 1 is 1.25 bits per heavy atom. The molecular weight excluding hydrogens is 448 g/mol. The standard InChI is InChI=1S/C21H22N6O3S2/c22-18(28)7-8-26-20(13-5-6-13)23-24-21(26)32-12-19(29)27-15(17-4-2-10-31-17)11-14(25-27)16-3-1-9-30-16/h1-4,9-10,13,15H,5-8,11-12H2,(H2,22,28). The molecule has 1 atom stereocenters. The number of hydrogen-bond acceptors (Lipinski definition) is 8. The average Bonchev–Trinajstić information content (AvgIpc) is 3.28. The van der Waals surface area contributed by atoms with Gasteiger partial charge in [0.2, 0.25) is 5.91 Å². The van der Waals surface area contributed by atoms with Gasteiger partial charge < -0.3 is 14.7 Å². The summed E-state index contributed by atoms with van der Waals surface area (Å²) in [7, 11) is 0. The summed E-state index contributed by atoms with van der Waals surface area (Å²) in [6, 6.07) is 7.51. The summed E-state index contributed by atoms with van der Waals surface area (Å²) in [5, 5.41) is 17.4. The molecule has 0 bridgehead atoms. The van der Waals surface area contributed by atoms with Crippen molar-refractivity contribution in [3.63, 3.8) is 0 Å². The van der Waals surface area contributed by atoms with Crippen molar-refractivity contribution in [2.75, 3.05) is 5.75 Å². The van der Waals surface area contributed by atoms with Gasteiger partial charge in [-0.05, 0) is 36.4 Å². The number of furan rings is 1. The summed E-state index contributed by atoms with van der Waals surface area (Å²) in [6.45, 7) is 0.424. The molecule has 3 aromatic rings. The van der Waals surface area contributed by atoms with Crippen LogP contribution in [0.1, 0.15) is 54.1 Å². The fraction of sp³-hybridized carbons (Fsp3) is 0.381. The molecule has 5 rings (SSSR count). The number of hydrogen-bond donors (Lipinski definition) is 1. The largest absolute Gasteiger partial charge is 0.463 e. The van der Waals surface area contributed by atoms with E-state index in [2.05, 4.69) is 15.3 Å². The van der Waals surface area contributed by atoms with Gasteiger partial charge in [-0.25, -0.2) is 5.01 Å². The van der Waals surface area contributed by atoms with Crippen molar-refractivity contribution in [3.8, 4) is 0 Å². The predicted molar refractivity (Wildman–Crippen MR) is 120 cm³/mol. The number of aromatic nitrogens is 3. The number of carbonyl (C=O) groups excluding carboxylic acids is 2. The molecule has 1 fully saturated rings. The molecule has 1 unspecified atom stereocenters. The Kier molecular flexibility index (Phi) is 5.83. The lowest BCUT2D eigenvalue weighted by molar-refractivity contribution is -0.130. The van der Waals surface area contributed by atoms with Crippen molar-refractivity contribution in [3.05, 3.63) is 52.4 Å². The highest BCUT2D eigenvalue weighted by molar-refractivity contribution is 7.99.